The van der Waals surface area contributed by atoms with Gasteiger partial charge >= 0.3 is 0 Å². The zero-order chi connectivity index (χ0) is 19.6. The highest BCUT2D eigenvalue weighted by Gasteiger charge is 2.05. The minimum atomic E-state index is -0.0767. The van der Waals surface area contributed by atoms with Crippen LogP contribution in [0.3, 0.4) is 0 Å². The normalized spacial score (nSPS) is 10.5. The molecular weight excluding hydrogens is 366 g/mol. The number of thioether (sulfide) groups is 1. The van der Waals surface area contributed by atoms with Gasteiger partial charge in [0.05, 0.1) is 6.54 Å². The molecule has 0 aliphatic carbocycles. The van der Waals surface area contributed by atoms with Crippen molar-refractivity contribution >= 4 is 17.7 Å². The number of carbonyl (C=O) groups is 1. The Morgan fingerprint density at radius 1 is 0.893 bits per heavy atom. The molecule has 1 N–H and O–H groups in total. The molecule has 0 fully saturated rings. The smallest absolute Gasteiger partial charge is 0.251 e. The Balaban J connectivity index is 1.40. The van der Waals surface area contributed by atoms with Gasteiger partial charge in [-0.2, -0.15) is 0 Å². The number of benzene rings is 3. The number of hydrogen-bond acceptors (Lipinski definition) is 3. The van der Waals surface area contributed by atoms with Gasteiger partial charge in [-0.05, 0) is 53.9 Å². The van der Waals surface area contributed by atoms with E-state index in [1.54, 1.807) is 11.8 Å². The fraction of sp³-hybridized carbons (Fsp3) is 0.208. The van der Waals surface area contributed by atoms with E-state index in [2.05, 4.69) is 36.5 Å². The molecule has 3 nitrogen and oxygen atoms in total. The fourth-order valence-electron chi connectivity index (χ4n) is 2.69. The van der Waals surface area contributed by atoms with Crippen LogP contribution in [0.25, 0.3) is 0 Å². The minimum absolute atomic E-state index is 0.0767. The van der Waals surface area contributed by atoms with Crippen molar-refractivity contribution in [2.75, 3.05) is 13.2 Å². The lowest BCUT2D eigenvalue weighted by Gasteiger charge is -2.09. The Kier molecular flexibility index (Phi) is 7.56. The first-order chi connectivity index (χ1) is 13.7. The molecule has 0 spiro atoms. The molecule has 0 unspecified atom stereocenters. The first-order valence-corrected chi connectivity index (χ1v) is 10.5. The second kappa shape index (κ2) is 10.6. The van der Waals surface area contributed by atoms with Gasteiger partial charge in [0.1, 0.15) is 12.4 Å². The van der Waals surface area contributed by atoms with E-state index in [1.165, 1.54) is 16.0 Å². The van der Waals surface area contributed by atoms with E-state index in [4.69, 9.17) is 4.74 Å². The van der Waals surface area contributed by atoms with Crippen molar-refractivity contribution in [1.29, 1.82) is 0 Å². The second-order valence-corrected chi connectivity index (χ2v) is 7.45. The molecule has 28 heavy (non-hydrogen) atoms. The lowest BCUT2D eigenvalue weighted by molar-refractivity contribution is 0.0947. The first kappa shape index (κ1) is 20.0. The molecule has 0 atom stereocenters. The maximum absolute atomic E-state index is 12.3. The van der Waals surface area contributed by atoms with Crippen LogP contribution in [-0.4, -0.2) is 19.1 Å². The summed E-state index contributed by atoms with van der Waals surface area (Å²) in [4.78, 5) is 13.5. The number of ether oxygens (including phenoxy) is 1. The summed E-state index contributed by atoms with van der Waals surface area (Å²) in [5.41, 5.74) is 3.15. The second-order valence-electron chi connectivity index (χ2n) is 6.40. The molecule has 3 rings (SSSR count). The quantitative estimate of drug-likeness (QED) is 0.395. The average molecular weight is 392 g/mol. The van der Waals surface area contributed by atoms with Crippen molar-refractivity contribution in [3.63, 3.8) is 0 Å². The molecule has 4 heteroatoms. The molecule has 0 saturated carbocycles. The Hall–Kier alpha value is -2.72. The van der Waals surface area contributed by atoms with Crippen LogP contribution in [0.1, 0.15) is 28.4 Å². The summed E-state index contributed by atoms with van der Waals surface area (Å²) in [5.74, 6) is 1.63. The third kappa shape index (κ3) is 6.17. The Bertz CT molecular complexity index is 861. The Labute approximate surface area is 171 Å². The van der Waals surface area contributed by atoms with E-state index in [1.807, 2.05) is 54.6 Å². The third-order valence-corrected chi connectivity index (χ3v) is 5.44. The zero-order valence-electron chi connectivity index (χ0n) is 16.1. The largest absolute Gasteiger partial charge is 0.492 e. The van der Waals surface area contributed by atoms with E-state index in [0.717, 1.165) is 17.9 Å². The summed E-state index contributed by atoms with van der Waals surface area (Å²) in [6.07, 6.45) is 1.01. The molecule has 3 aromatic rings. The van der Waals surface area contributed by atoms with Gasteiger partial charge in [0.2, 0.25) is 0 Å². The predicted octanol–water partition coefficient (Wildman–Crippen LogP) is 5.35. The highest BCUT2D eigenvalue weighted by atomic mass is 32.2. The monoisotopic (exact) mass is 391 g/mol. The molecule has 0 radical (unpaired) electrons. The standard InChI is InChI=1S/C24H25NO2S/c1-2-19-10-14-22(15-11-19)27-17-16-25-24(26)21-12-8-20(9-13-21)18-28-23-6-4-3-5-7-23/h3-15H,2,16-18H2,1H3,(H,25,26). The zero-order valence-corrected chi connectivity index (χ0v) is 16.9. The molecule has 3 aromatic carbocycles. The van der Waals surface area contributed by atoms with Gasteiger partial charge in [0.15, 0.2) is 0 Å². The van der Waals surface area contributed by atoms with Crippen LogP contribution in [0.4, 0.5) is 0 Å². The molecule has 0 bridgehead atoms. The van der Waals surface area contributed by atoms with E-state index < -0.39 is 0 Å². The topological polar surface area (TPSA) is 38.3 Å². The molecular formula is C24H25NO2S. The highest BCUT2D eigenvalue weighted by Crippen LogP contribution is 2.22. The number of amides is 1. The van der Waals surface area contributed by atoms with Crippen LogP contribution in [0.5, 0.6) is 5.75 Å². The number of hydrogen-bond donors (Lipinski definition) is 1. The number of aryl methyl sites for hydroxylation is 1. The lowest BCUT2D eigenvalue weighted by atomic mass is 10.1. The average Bonchev–Trinajstić information content (AvgIpc) is 2.76. The van der Waals surface area contributed by atoms with Crippen molar-refractivity contribution < 1.29 is 9.53 Å². The Morgan fingerprint density at radius 3 is 2.25 bits per heavy atom. The van der Waals surface area contributed by atoms with Crippen molar-refractivity contribution in [1.82, 2.24) is 5.32 Å². The summed E-state index contributed by atoms with van der Waals surface area (Å²) in [6.45, 7) is 3.04. The summed E-state index contributed by atoms with van der Waals surface area (Å²) in [5, 5.41) is 2.90. The van der Waals surface area contributed by atoms with E-state index in [0.29, 0.717) is 18.7 Å². The van der Waals surface area contributed by atoms with Gasteiger partial charge in [-0.1, -0.05) is 49.4 Å². The van der Waals surface area contributed by atoms with Crippen LogP contribution >= 0.6 is 11.8 Å². The fourth-order valence-corrected chi connectivity index (χ4v) is 3.57. The highest BCUT2D eigenvalue weighted by molar-refractivity contribution is 7.98. The molecule has 0 aliphatic heterocycles. The third-order valence-electron chi connectivity index (χ3n) is 4.35. The maximum Gasteiger partial charge on any atom is 0.251 e. The van der Waals surface area contributed by atoms with Crippen molar-refractivity contribution in [2.24, 2.45) is 0 Å². The van der Waals surface area contributed by atoms with Gasteiger partial charge in [-0.3, -0.25) is 4.79 Å². The maximum atomic E-state index is 12.3. The molecule has 0 aromatic heterocycles. The van der Waals surface area contributed by atoms with Crippen LogP contribution < -0.4 is 10.1 Å². The van der Waals surface area contributed by atoms with Crippen LogP contribution in [0, 0.1) is 0 Å². The van der Waals surface area contributed by atoms with E-state index >= 15 is 0 Å². The van der Waals surface area contributed by atoms with Gasteiger partial charge in [-0.15, -0.1) is 11.8 Å². The number of carbonyl (C=O) groups excluding carboxylic acids is 1. The molecule has 0 heterocycles. The Morgan fingerprint density at radius 2 is 1.57 bits per heavy atom. The minimum Gasteiger partial charge on any atom is -0.492 e. The molecule has 0 aliphatic rings. The van der Waals surface area contributed by atoms with Crippen molar-refractivity contribution in [3.8, 4) is 5.75 Å². The summed E-state index contributed by atoms with van der Waals surface area (Å²) >= 11 is 1.79. The number of nitrogens with one attached hydrogen (secondary N) is 1. The van der Waals surface area contributed by atoms with Crippen LogP contribution in [-0.2, 0) is 12.2 Å². The molecule has 1 amide bonds. The molecule has 144 valence electrons. The lowest BCUT2D eigenvalue weighted by Crippen LogP contribution is -2.28. The summed E-state index contributed by atoms with van der Waals surface area (Å²) in [6, 6.07) is 26.1. The predicted molar refractivity (Wildman–Crippen MR) is 116 cm³/mol. The van der Waals surface area contributed by atoms with Gasteiger partial charge in [-0.25, -0.2) is 0 Å². The van der Waals surface area contributed by atoms with Gasteiger partial charge in [0.25, 0.3) is 5.91 Å². The van der Waals surface area contributed by atoms with Crippen LogP contribution in [0.2, 0.25) is 0 Å². The van der Waals surface area contributed by atoms with Crippen molar-refractivity contribution in [3.05, 3.63) is 95.6 Å². The van der Waals surface area contributed by atoms with Gasteiger partial charge < -0.3 is 10.1 Å². The van der Waals surface area contributed by atoms with E-state index in [-0.39, 0.29) is 5.91 Å². The number of rotatable bonds is 9. The molecule has 0 saturated heterocycles. The summed E-state index contributed by atoms with van der Waals surface area (Å²) < 4.78 is 5.67. The first-order valence-electron chi connectivity index (χ1n) is 9.51. The summed E-state index contributed by atoms with van der Waals surface area (Å²) in [7, 11) is 0. The van der Waals surface area contributed by atoms with Crippen LogP contribution in [0.15, 0.2) is 83.8 Å². The SMILES string of the molecule is CCc1ccc(OCCNC(=O)c2ccc(CSc3ccccc3)cc2)cc1. The van der Waals surface area contributed by atoms with E-state index in [9.17, 15) is 4.79 Å². The van der Waals surface area contributed by atoms with Crippen molar-refractivity contribution in [2.45, 2.75) is 24.0 Å². The van der Waals surface area contributed by atoms with Gasteiger partial charge in [0, 0.05) is 16.2 Å².